The van der Waals surface area contributed by atoms with Gasteiger partial charge in [0.15, 0.2) is 0 Å². The second kappa shape index (κ2) is 8.78. The van der Waals surface area contributed by atoms with Gasteiger partial charge in [0.2, 0.25) is 0 Å². The van der Waals surface area contributed by atoms with E-state index in [1.54, 1.807) is 12.2 Å². The molecule has 0 radical (unpaired) electrons. The Balaban J connectivity index is 3.62. The Labute approximate surface area is 79.6 Å². The molecule has 0 unspecified atom stereocenters. The summed E-state index contributed by atoms with van der Waals surface area (Å²) in [7, 11) is 1.36. The van der Waals surface area contributed by atoms with Crippen LogP contribution in [-0.4, -0.2) is 13.1 Å². The van der Waals surface area contributed by atoms with Crippen molar-refractivity contribution in [2.75, 3.05) is 7.11 Å². The maximum absolute atomic E-state index is 10.6. The van der Waals surface area contributed by atoms with E-state index in [0.717, 1.165) is 12.8 Å². The summed E-state index contributed by atoms with van der Waals surface area (Å²) in [5, 5.41) is 0. The Morgan fingerprint density at radius 3 is 2.54 bits per heavy atom. The molecule has 2 nitrogen and oxygen atoms in total. The molecule has 0 aromatic carbocycles. The molecule has 0 aliphatic heterocycles. The fourth-order valence-corrected chi connectivity index (χ4v) is 0.672. The van der Waals surface area contributed by atoms with Gasteiger partial charge in [-0.1, -0.05) is 43.7 Å². The molecule has 0 aromatic heterocycles. The molecule has 0 bridgehead atoms. The smallest absolute Gasteiger partial charge is 0.330 e. The molecule has 0 N–H and O–H groups in total. The molecule has 0 rings (SSSR count). The first-order valence-electron chi connectivity index (χ1n) is 4.39. The summed E-state index contributed by atoms with van der Waals surface area (Å²) in [4.78, 5) is 10.6. The molecule has 0 aliphatic rings. The molecule has 0 aliphatic carbocycles. The monoisotopic (exact) mass is 180 g/mol. The van der Waals surface area contributed by atoms with Gasteiger partial charge in [-0.15, -0.1) is 0 Å². The number of carbonyl (C=O) groups is 1. The number of hydrogen-bond donors (Lipinski definition) is 0. The normalized spacial score (nSPS) is 11.8. The number of esters is 1. The largest absolute Gasteiger partial charge is 0.466 e. The van der Waals surface area contributed by atoms with Crippen molar-refractivity contribution in [3.63, 3.8) is 0 Å². The zero-order valence-corrected chi connectivity index (χ0v) is 8.19. The second-order valence-corrected chi connectivity index (χ2v) is 2.48. The van der Waals surface area contributed by atoms with Crippen LogP contribution in [0.2, 0.25) is 0 Å². The molecular weight excluding hydrogens is 164 g/mol. The lowest BCUT2D eigenvalue weighted by atomic mass is 10.3. The first-order valence-corrected chi connectivity index (χ1v) is 4.39. The van der Waals surface area contributed by atoms with Crippen LogP contribution in [0.3, 0.4) is 0 Å². The van der Waals surface area contributed by atoms with E-state index in [4.69, 9.17) is 0 Å². The lowest BCUT2D eigenvalue weighted by Crippen LogP contribution is -1.92. The first-order chi connectivity index (χ1) is 6.31. The van der Waals surface area contributed by atoms with Gasteiger partial charge in [0.05, 0.1) is 7.11 Å². The highest BCUT2D eigenvalue weighted by Crippen LogP contribution is 1.89. The fraction of sp³-hybridized carbons (Fsp3) is 0.364. The zero-order chi connectivity index (χ0) is 9.94. The number of carbonyl (C=O) groups excluding carboxylic acids is 1. The van der Waals surface area contributed by atoms with Crippen LogP contribution in [0.4, 0.5) is 0 Å². The van der Waals surface area contributed by atoms with E-state index in [9.17, 15) is 4.79 Å². The van der Waals surface area contributed by atoms with Crippen molar-refractivity contribution < 1.29 is 9.53 Å². The van der Waals surface area contributed by atoms with E-state index >= 15 is 0 Å². The lowest BCUT2D eigenvalue weighted by Gasteiger charge is -1.85. The van der Waals surface area contributed by atoms with E-state index in [0.29, 0.717) is 0 Å². The van der Waals surface area contributed by atoms with E-state index in [2.05, 4.69) is 17.7 Å². The SMILES string of the molecule is CCC/C=C/C=C\C=C/C(=O)OC. The molecule has 0 heterocycles. The van der Waals surface area contributed by atoms with Crippen molar-refractivity contribution in [2.24, 2.45) is 0 Å². The minimum absolute atomic E-state index is 0.331. The van der Waals surface area contributed by atoms with Gasteiger partial charge in [-0.05, 0) is 6.42 Å². The van der Waals surface area contributed by atoms with E-state index in [-0.39, 0.29) is 5.97 Å². The summed E-state index contributed by atoms with van der Waals surface area (Å²) in [6.07, 6.45) is 13.0. The molecule has 0 atom stereocenters. The van der Waals surface area contributed by atoms with Gasteiger partial charge in [-0.25, -0.2) is 4.79 Å². The van der Waals surface area contributed by atoms with Crippen molar-refractivity contribution in [2.45, 2.75) is 19.8 Å². The highest BCUT2D eigenvalue weighted by molar-refractivity contribution is 5.82. The average molecular weight is 180 g/mol. The number of rotatable bonds is 5. The standard InChI is InChI=1S/C11H16O2/c1-3-4-5-6-7-8-9-10-11(12)13-2/h5-10H,3-4H2,1-2H3/b6-5+,8-7-,10-9-. The summed E-state index contributed by atoms with van der Waals surface area (Å²) in [6, 6.07) is 0. The number of hydrogen-bond acceptors (Lipinski definition) is 2. The summed E-state index contributed by atoms with van der Waals surface area (Å²) in [6.45, 7) is 2.13. The number of allylic oxidation sites excluding steroid dienone is 5. The minimum atomic E-state index is -0.331. The molecule has 13 heavy (non-hydrogen) atoms. The summed E-state index contributed by atoms with van der Waals surface area (Å²) in [5.74, 6) is -0.331. The van der Waals surface area contributed by atoms with E-state index in [1.807, 2.05) is 12.2 Å². The molecule has 0 saturated carbocycles. The van der Waals surface area contributed by atoms with Crippen LogP contribution in [0.1, 0.15) is 19.8 Å². The zero-order valence-electron chi connectivity index (χ0n) is 8.19. The third-order valence-corrected chi connectivity index (χ3v) is 1.36. The van der Waals surface area contributed by atoms with Crippen molar-refractivity contribution in [3.05, 3.63) is 36.5 Å². The Kier molecular flexibility index (Phi) is 7.90. The maximum atomic E-state index is 10.6. The van der Waals surface area contributed by atoms with Crippen LogP contribution in [0.25, 0.3) is 0 Å². The van der Waals surface area contributed by atoms with Crippen LogP contribution in [0.5, 0.6) is 0 Å². The Morgan fingerprint density at radius 2 is 1.92 bits per heavy atom. The predicted molar refractivity (Wildman–Crippen MR) is 54.3 cm³/mol. The van der Waals surface area contributed by atoms with Gasteiger partial charge in [-0.2, -0.15) is 0 Å². The number of methoxy groups -OCH3 is 1. The van der Waals surface area contributed by atoms with Crippen LogP contribution in [0, 0.1) is 0 Å². The van der Waals surface area contributed by atoms with Gasteiger partial charge in [0.1, 0.15) is 0 Å². The van der Waals surface area contributed by atoms with Gasteiger partial charge < -0.3 is 4.74 Å². The van der Waals surface area contributed by atoms with Crippen molar-refractivity contribution in [3.8, 4) is 0 Å². The second-order valence-electron chi connectivity index (χ2n) is 2.48. The third kappa shape index (κ3) is 8.60. The molecule has 72 valence electrons. The fourth-order valence-electron chi connectivity index (χ4n) is 0.672. The van der Waals surface area contributed by atoms with Gasteiger partial charge in [0, 0.05) is 6.08 Å². The summed E-state index contributed by atoms with van der Waals surface area (Å²) < 4.78 is 4.42. The van der Waals surface area contributed by atoms with Gasteiger partial charge in [-0.3, -0.25) is 0 Å². The topological polar surface area (TPSA) is 26.3 Å². The molecule has 0 fully saturated rings. The molecule has 0 spiro atoms. The van der Waals surface area contributed by atoms with Gasteiger partial charge >= 0.3 is 5.97 Å². The highest BCUT2D eigenvalue weighted by Gasteiger charge is 1.85. The summed E-state index contributed by atoms with van der Waals surface area (Å²) >= 11 is 0. The Morgan fingerprint density at radius 1 is 1.23 bits per heavy atom. The van der Waals surface area contributed by atoms with Crippen molar-refractivity contribution in [1.82, 2.24) is 0 Å². The Bertz CT molecular complexity index is 212. The number of unbranched alkanes of at least 4 members (excludes halogenated alkanes) is 1. The molecule has 0 saturated heterocycles. The van der Waals surface area contributed by atoms with E-state index < -0.39 is 0 Å². The molecule has 0 aromatic rings. The predicted octanol–water partition coefficient (Wildman–Crippen LogP) is 2.63. The van der Waals surface area contributed by atoms with Crippen LogP contribution >= 0.6 is 0 Å². The minimum Gasteiger partial charge on any atom is -0.466 e. The molecule has 0 amide bonds. The first kappa shape index (κ1) is 11.7. The number of ether oxygens (including phenoxy) is 1. The third-order valence-electron chi connectivity index (χ3n) is 1.36. The van der Waals surface area contributed by atoms with Gasteiger partial charge in [0.25, 0.3) is 0 Å². The quantitative estimate of drug-likeness (QED) is 0.369. The Hall–Kier alpha value is -1.31. The average Bonchev–Trinajstić information content (AvgIpc) is 2.16. The van der Waals surface area contributed by atoms with Crippen LogP contribution < -0.4 is 0 Å². The summed E-state index contributed by atoms with van der Waals surface area (Å²) in [5.41, 5.74) is 0. The highest BCUT2D eigenvalue weighted by atomic mass is 16.5. The van der Waals surface area contributed by atoms with Crippen LogP contribution in [-0.2, 0) is 9.53 Å². The molecule has 2 heteroatoms. The van der Waals surface area contributed by atoms with Crippen LogP contribution in [0.15, 0.2) is 36.5 Å². The maximum Gasteiger partial charge on any atom is 0.330 e. The lowest BCUT2D eigenvalue weighted by molar-refractivity contribution is -0.134. The van der Waals surface area contributed by atoms with Crippen molar-refractivity contribution in [1.29, 1.82) is 0 Å². The molecular formula is C11H16O2. The van der Waals surface area contributed by atoms with E-state index in [1.165, 1.54) is 13.2 Å². The van der Waals surface area contributed by atoms with Crippen molar-refractivity contribution >= 4 is 5.97 Å².